The van der Waals surface area contributed by atoms with E-state index in [1.165, 1.54) is 10.6 Å². The van der Waals surface area contributed by atoms with Crippen molar-refractivity contribution in [1.29, 1.82) is 0 Å². The van der Waals surface area contributed by atoms with Crippen LogP contribution in [0.4, 0.5) is 10.6 Å². The smallest absolute Gasteiger partial charge is 0.420 e. The van der Waals surface area contributed by atoms with E-state index < -0.39 is 16.6 Å². The van der Waals surface area contributed by atoms with Crippen molar-refractivity contribution in [3.63, 3.8) is 0 Å². The summed E-state index contributed by atoms with van der Waals surface area (Å²) in [7, 11) is 0. The van der Waals surface area contributed by atoms with Gasteiger partial charge < -0.3 is 14.9 Å². The average molecular weight is 329 g/mol. The van der Waals surface area contributed by atoms with Gasteiger partial charge in [-0.05, 0) is 37.8 Å². The Morgan fingerprint density at radius 3 is 2.67 bits per heavy atom. The van der Waals surface area contributed by atoms with Crippen LogP contribution < -0.4 is 0 Å². The highest BCUT2D eigenvalue weighted by Gasteiger charge is 2.26. The minimum Gasteiger partial charge on any atom is -0.443 e. The van der Waals surface area contributed by atoms with E-state index >= 15 is 0 Å². The first-order chi connectivity index (χ1) is 11.3. The summed E-state index contributed by atoms with van der Waals surface area (Å²) in [6, 6.07) is 8.23. The molecule has 0 atom stereocenters. The number of carbonyl (C=O) groups is 1. The Morgan fingerprint density at radius 2 is 2.04 bits per heavy atom. The fourth-order valence-electron chi connectivity index (χ4n) is 2.21. The van der Waals surface area contributed by atoms with Gasteiger partial charge >= 0.3 is 11.9 Å². The average Bonchev–Trinajstić information content (AvgIpc) is 3.09. The normalized spacial score (nSPS) is 11.6. The summed E-state index contributed by atoms with van der Waals surface area (Å²) in [5.41, 5.74) is 0.581. The lowest BCUT2D eigenvalue weighted by Crippen LogP contribution is -2.27. The van der Waals surface area contributed by atoms with Gasteiger partial charge in [0.05, 0.1) is 17.1 Å². The number of aromatic amines is 1. The summed E-state index contributed by atoms with van der Waals surface area (Å²) >= 11 is 0. The molecule has 0 bridgehead atoms. The molecule has 0 radical (unpaired) electrons. The third-order valence-electron chi connectivity index (χ3n) is 3.13. The second kappa shape index (κ2) is 5.44. The summed E-state index contributed by atoms with van der Waals surface area (Å²) in [5.74, 6) is -0.109. The van der Waals surface area contributed by atoms with Crippen molar-refractivity contribution in [2.45, 2.75) is 26.4 Å². The van der Waals surface area contributed by atoms with Crippen LogP contribution in [-0.2, 0) is 4.74 Å². The SMILES string of the molecule is CC(C)(C)OC(=O)n1c(-c2cc([N+](=O)[O-])[nH]n2)nc2ccccc21. The van der Waals surface area contributed by atoms with Crippen LogP contribution in [0.1, 0.15) is 20.8 Å². The molecule has 0 amide bonds. The number of ether oxygens (including phenoxy) is 1. The molecular formula is C15H15N5O4. The van der Waals surface area contributed by atoms with Gasteiger partial charge in [0.25, 0.3) is 0 Å². The predicted molar refractivity (Wildman–Crippen MR) is 85.6 cm³/mol. The van der Waals surface area contributed by atoms with E-state index in [0.29, 0.717) is 11.0 Å². The second-order valence-electron chi connectivity index (χ2n) is 6.14. The Bertz CT molecular complexity index is 935. The molecule has 0 saturated heterocycles. The van der Waals surface area contributed by atoms with E-state index in [4.69, 9.17) is 4.74 Å². The zero-order valence-electron chi connectivity index (χ0n) is 13.3. The largest absolute Gasteiger partial charge is 0.443 e. The molecule has 2 heterocycles. The maximum atomic E-state index is 12.6. The molecular weight excluding hydrogens is 314 g/mol. The Morgan fingerprint density at radius 1 is 1.33 bits per heavy atom. The van der Waals surface area contributed by atoms with Gasteiger partial charge in [-0.1, -0.05) is 17.2 Å². The standard InChI is InChI=1S/C15H15N5O4/c1-15(2,3)24-14(21)19-11-7-5-4-6-9(11)16-13(19)10-8-12(18-17-10)20(22)23/h4-8H,1-3H3,(H,17,18). The van der Waals surface area contributed by atoms with E-state index in [0.717, 1.165) is 0 Å². The summed E-state index contributed by atoms with van der Waals surface area (Å²) < 4.78 is 6.68. The molecule has 2 aromatic heterocycles. The maximum absolute atomic E-state index is 12.6. The minimum atomic E-state index is -0.697. The van der Waals surface area contributed by atoms with Crippen LogP contribution in [0, 0.1) is 10.1 Å². The van der Waals surface area contributed by atoms with Gasteiger partial charge in [-0.3, -0.25) is 0 Å². The summed E-state index contributed by atoms with van der Waals surface area (Å²) in [5, 5.41) is 17.0. The monoisotopic (exact) mass is 329 g/mol. The molecule has 0 unspecified atom stereocenters. The lowest BCUT2D eigenvalue weighted by Gasteiger charge is -2.20. The zero-order valence-corrected chi connectivity index (χ0v) is 13.3. The van der Waals surface area contributed by atoms with Crippen molar-refractivity contribution >= 4 is 22.9 Å². The number of para-hydroxylation sites is 2. The number of imidazole rings is 1. The number of rotatable bonds is 2. The molecule has 124 valence electrons. The van der Waals surface area contributed by atoms with Crippen molar-refractivity contribution in [3.05, 3.63) is 40.4 Å². The van der Waals surface area contributed by atoms with Crippen LogP contribution in [0.5, 0.6) is 0 Å². The van der Waals surface area contributed by atoms with Gasteiger partial charge in [-0.2, -0.15) is 0 Å². The first kappa shape index (κ1) is 15.7. The van der Waals surface area contributed by atoms with Crippen LogP contribution in [-0.4, -0.2) is 36.4 Å². The highest BCUT2D eigenvalue weighted by atomic mass is 16.6. The van der Waals surface area contributed by atoms with Gasteiger partial charge in [0.2, 0.25) is 0 Å². The van der Waals surface area contributed by atoms with Crippen LogP contribution in [0.3, 0.4) is 0 Å². The first-order valence-corrected chi connectivity index (χ1v) is 7.17. The lowest BCUT2D eigenvalue weighted by atomic mass is 10.2. The van der Waals surface area contributed by atoms with E-state index in [1.807, 2.05) is 0 Å². The third-order valence-corrected chi connectivity index (χ3v) is 3.13. The highest BCUT2D eigenvalue weighted by molar-refractivity contribution is 5.91. The molecule has 0 spiro atoms. The number of benzene rings is 1. The predicted octanol–water partition coefficient (Wildman–Crippen LogP) is 3.12. The fourth-order valence-corrected chi connectivity index (χ4v) is 2.21. The quantitative estimate of drug-likeness (QED) is 0.570. The Kier molecular flexibility index (Phi) is 3.55. The number of nitrogens with one attached hydrogen (secondary N) is 1. The maximum Gasteiger partial charge on any atom is 0.420 e. The Balaban J connectivity index is 2.18. The summed E-state index contributed by atoms with van der Waals surface area (Å²) in [6.07, 6.45) is -0.628. The van der Waals surface area contributed by atoms with Gasteiger partial charge in [0.15, 0.2) is 11.5 Å². The first-order valence-electron chi connectivity index (χ1n) is 7.17. The Hall–Kier alpha value is -3.23. The van der Waals surface area contributed by atoms with Crippen molar-refractivity contribution in [2.24, 2.45) is 0 Å². The molecule has 1 aromatic carbocycles. The minimum absolute atomic E-state index is 0.176. The van der Waals surface area contributed by atoms with Crippen LogP contribution in [0.2, 0.25) is 0 Å². The molecule has 3 rings (SSSR count). The number of hydrogen-bond acceptors (Lipinski definition) is 6. The van der Waals surface area contributed by atoms with Crippen LogP contribution in [0.25, 0.3) is 22.6 Å². The van der Waals surface area contributed by atoms with Crippen LogP contribution in [0.15, 0.2) is 30.3 Å². The van der Waals surface area contributed by atoms with Gasteiger partial charge in [-0.15, -0.1) is 5.10 Å². The number of H-pyrrole nitrogens is 1. The van der Waals surface area contributed by atoms with E-state index in [1.54, 1.807) is 45.0 Å². The molecule has 9 heteroatoms. The summed E-state index contributed by atoms with van der Waals surface area (Å²) in [4.78, 5) is 27.2. The van der Waals surface area contributed by atoms with Gasteiger partial charge in [0, 0.05) is 0 Å². The number of nitro groups is 1. The number of hydrogen-bond donors (Lipinski definition) is 1. The summed E-state index contributed by atoms with van der Waals surface area (Å²) in [6.45, 7) is 5.26. The fraction of sp³-hybridized carbons (Fsp3) is 0.267. The van der Waals surface area contributed by atoms with Crippen molar-refractivity contribution in [3.8, 4) is 11.5 Å². The van der Waals surface area contributed by atoms with Gasteiger partial charge in [-0.25, -0.2) is 14.3 Å². The van der Waals surface area contributed by atoms with Crippen molar-refractivity contribution < 1.29 is 14.5 Å². The zero-order chi connectivity index (χ0) is 17.5. The number of aromatic nitrogens is 4. The van der Waals surface area contributed by atoms with Gasteiger partial charge in [0.1, 0.15) is 5.60 Å². The molecule has 0 saturated carbocycles. The Labute approximate surface area is 136 Å². The topological polar surface area (TPSA) is 116 Å². The molecule has 0 aliphatic heterocycles. The van der Waals surface area contributed by atoms with E-state index in [-0.39, 0.29) is 17.3 Å². The van der Waals surface area contributed by atoms with Crippen molar-refractivity contribution in [1.82, 2.24) is 19.7 Å². The number of carbonyl (C=O) groups excluding carboxylic acids is 1. The molecule has 0 fully saturated rings. The number of fused-ring (bicyclic) bond motifs is 1. The van der Waals surface area contributed by atoms with E-state index in [2.05, 4.69) is 15.2 Å². The van der Waals surface area contributed by atoms with Crippen LogP contribution >= 0.6 is 0 Å². The molecule has 0 aliphatic rings. The molecule has 1 N–H and O–H groups in total. The second-order valence-corrected chi connectivity index (χ2v) is 6.14. The molecule has 3 aromatic rings. The molecule has 0 aliphatic carbocycles. The lowest BCUT2D eigenvalue weighted by molar-refractivity contribution is -0.389. The van der Waals surface area contributed by atoms with E-state index in [9.17, 15) is 14.9 Å². The third kappa shape index (κ3) is 2.83. The number of nitrogens with zero attached hydrogens (tertiary/aromatic N) is 4. The molecule has 24 heavy (non-hydrogen) atoms. The van der Waals surface area contributed by atoms with Crippen molar-refractivity contribution in [2.75, 3.05) is 0 Å². The highest BCUT2D eigenvalue weighted by Crippen LogP contribution is 2.26. The molecule has 9 nitrogen and oxygen atoms in total.